The molecule has 4 nitrogen and oxygen atoms in total. The minimum atomic E-state index is 0.720. The van der Waals surface area contributed by atoms with E-state index in [9.17, 15) is 0 Å². The number of hydrogen-bond acceptors (Lipinski definition) is 5. The summed E-state index contributed by atoms with van der Waals surface area (Å²) in [7, 11) is 0. The van der Waals surface area contributed by atoms with E-state index >= 15 is 0 Å². The Morgan fingerprint density at radius 1 is 1.22 bits per heavy atom. The van der Waals surface area contributed by atoms with Gasteiger partial charge in [-0.2, -0.15) is 0 Å². The molecule has 0 saturated heterocycles. The van der Waals surface area contributed by atoms with Gasteiger partial charge in [0.25, 0.3) is 0 Å². The van der Waals surface area contributed by atoms with E-state index in [4.69, 9.17) is 5.73 Å². The molecule has 0 fully saturated rings. The Labute approximate surface area is 111 Å². The van der Waals surface area contributed by atoms with E-state index in [1.54, 1.807) is 6.20 Å². The van der Waals surface area contributed by atoms with Gasteiger partial charge in [0.15, 0.2) is 5.13 Å². The standard InChI is InChI=1S/C13H18N4S/c1-3-17(4-2)11-7-5-10(6-8-11)16-13-15-9-12(14)18-13/h5-9H,3-4,14H2,1-2H3,(H,15,16). The zero-order chi connectivity index (χ0) is 13.0. The van der Waals surface area contributed by atoms with Crippen LogP contribution in [0.5, 0.6) is 0 Å². The van der Waals surface area contributed by atoms with Crippen LogP contribution in [-0.2, 0) is 0 Å². The predicted octanol–water partition coefficient (Wildman–Crippen LogP) is 3.32. The van der Waals surface area contributed by atoms with E-state index in [2.05, 4.69) is 53.3 Å². The fraction of sp³-hybridized carbons (Fsp3) is 0.308. The highest BCUT2D eigenvalue weighted by Gasteiger charge is 2.03. The number of rotatable bonds is 5. The highest BCUT2D eigenvalue weighted by molar-refractivity contribution is 7.19. The zero-order valence-electron chi connectivity index (χ0n) is 10.7. The third-order valence-corrected chi connectivity index (χ3v) is 3.51. The van der Waals surface area contributed by atoms with Crippen LogP contribution in [0, 0.1) is 0 Å². The quantitative estimate of drug-likeness (QED) is 0.868. The smallest absolute Gasteiger partial charge is 0.189 e. The fourth-order valence-corrected chi connectivity index (χ4v) is 2.42. The van der Waals surface area contributed by atoms with Gasteiger partial charge in [0.1, 0.15) is 5.00 Å². The molecule has 0 saturated carbocycles. The van der Waals surface area contributed by atoms with Gasteiger partial charge in [-0.1, -0.05) is 11.3 Å². The van der Waals surface area contributed by atoms with Crippen LogP contribution in [0.25, 0.3) is 0 Å². The summed E-state index contributed by atoms with van der Waals surface area (Å²) in [5.74, 6) is 0. The summed E-state index contributed by atoms with van der Waals surface area (Å²) in [6.07, 6.45) is 1.66. The first-order valence-corrected chi connectivity index (χ1v) is 6.88. The van der Waals surface area contributed by atoms with Crippen molar-refractivity contribution in [2.45, 2.75) is 13.8 Å². The molecule has 0 spiro atoms. The van der Waals surface area contributed by atoms with Crippen molar-refractivity contribution in [1.82, 2.24) is 4.98 Å². The van der Waals surface area contributed by atoms with Crippen molar-refractivity contribution in [2.75, 3.05) is 29.0 Å². The highest BCUT2D eigenvalue weighted by Crippen LogP contribution is 2.25. The molecule has 0 aliphatic heterocycles. The van der Waals surface area contributed by atoms with Gasteiger partial charge in [-0.15, -0.1) is 0 Å². The molecule has 1 aromatic carbocycles. The molecule has 5 heteroatoms. The third kappa shape index (κ3) is 2.92. The van der Waals surface area contributed by atoms with Crippen molar-refractivity contribution < 1.29 is 0 Å². The van der Waals surface area contributed by atoms with Crippen LogP contribution in [0.3, 0.4) is 0 Å². The molecule has 0 atom stereocenters. The van der Waals surface area contributed by atoms with Crippen LogP contribution < -0.4 is 16.0 Å². The first kappa shape index (κ1) is 12.7. The van der Waals surface area contributed by atoms with Gasteiger partial charge in [0, 0.05) is 24.5 Å². The summed E-state index contributed by atoms with van der Waals surface area (Å²) in [5, 5.41) is 4.78. The summed E-state index contributed by atoms with van der Waals surface area (Å²) in [5.41, 5.74) is 7.91. The van der Waals surface area contributed by atoms with Crippen molar-refractivity contribution in [3.8, 4) is 0 Å². The first-order valence-electron chi connectivity index (χ1n) is 6.06. The second kappa shape index (κ2) is 5.73. The number of aromatic nitrogens is 1. The number of nitrogens with two attached hydrogens (primary N) is 1. The topological polar surface area (TPSA) is 54.2 Å². The summed E-state index contributed by atoms with van der Waals surface area (Å²) in [4.78, 5) is 6.48. The Balaban J connectivity index is 2.07. The van der Waals surface area contributed by atoms with Crippen LogP contribution in [-0.4, -0.2) is 18.1 Å². The van der Waals surface area contributed by atoms with Crippen LogP contribution in [0.2, 0.25) is 0 Å². The number of benzene rings is 1. The number of nitrogens with one attached hydrogen (secondary N) is 1. The fourth-order valence-electron chi connectivity index (χ4n) is 1.81. The normalized spacial score (nSPS) is 10.3. The second-order valence-electron chi connectivity index (χ2n) is 3.91. The largest absolute Gasteiger partial charge is 0.389 e. The van der Waals surface area contributed by atoms with Gasteiger partial charge in [-0.05, 0) is 38.1 Å². The van der Waals surface area contributed by atoms with Crippen molar-refractivity contribution >= 4 is 32.8 Å². The van der Waals surface area contributed by atoms with Crippen molar-refractivity contribution in [2.24, 2.45) is 0 Å². The Kier molecular flexibility index (Phi) is 4.04. The Hall–Kier alpha value is -1.75. The number of nitrogens with zero attached hydrogens (tertiary/aromatic N) is 2. The number of nitrogen functional groups attached to an aromatic ring is 1. The molecule has 1 heterocycles. The molecule has 3 N–H and O–H groups in total. The number of thiazole rings is 1. The zero-order valence-corrected chi connectivity index (χ0v) is 11.5. The van der Waals surface area contributed by atoms with E-state index < -0.39 is 0 Å². The number of anilines is 4. The summed E-state index contributed by atoms with van der Waals surface area (Å²) < 4.78 is 0. The molecule has 0 amide bonds. The van der Waals surface area contributed by atoms with E-state index in [1.807, 2.05) is 0 Å². The van der Waals surface area contributed by atoms with Gasteiger partial charge in [-0.3, -0.25) is 0 Å². The van der Waals surface area contributed by atoms with Gasteiger partial charge in [0.05, 0.1) is 6.20 Å². The minimum absolute atomic E-state index is 0.720. The lowest BCUT2D eigenvalue weighted by molar-refractivity contribution is 0.866. The van der Waals surface area contributed by atoms with Crippen LogP contribution in [0.1, 0.15) is 13.8 Å². The average Bonchev–Trinajstić information content (AvgIpc) is 2.78. The lowest BCUT2D eigenvalue weighted by atomic mass is 10.2. The van der Waals surface area contributed by atoms with Gasteiger partial charge in [0.2, 0.25) is 0 Å². The molecular formula is C13H18N4S. The summed E-state index contributed by atoms with van der Waals surface area (Å²) >= 11 is 1.45. The van der Waals surface area contributed by atoms with E-state index in [0.717, 1.165) is 28.9 Å². The molecule has 96 valence electrons. The maximum atomic E-state index is 5.64. The van der Waals surface area contributed by atoms with Crippen molar-refractivity contribution in [3.05, 3.63) is 30.5 Å². The first-order chi connectivity index (χ1) is 8.72. The molecule has 0 aliphatic rings. The highest BCUT2D eigenvalue weighted by atomic mass is 32.1. The van der Waals surface area contributed by atoms with Crippen LogP contribution in [0.15, 0.2) is 30.5 Å². The van der Waals surface area contributed by atoms with E-state index in [-0.39, 0.29) is 0 Å². The Morgan fingerprint density at radius 3 is 2.39 bits per heavy atom. The molecule has 0 aliphatic carbocycles. The minimum Gasteiger partial charge on any atom is -0.389 e. The molecule has 0 radical (unpaired) electrons. The van der Waals surface area contributed by atoms with Crippen LogP contribution in [0.4, 0.5) is 21.5 Å². The second-order valence-corrected chi connectivity index (χ2v) is 4.97. The predicted molar refractivity (Wildman–Crippen MR) is 79.8 cm³/mol. The van der Waals surface area contributed by atoms with Gasteiger partial charge in [-0.25, -0.2) is 4.98 Å². The molecule has 18 heavy (non-hydrogen) atoms. The maximum absolute atomic E-state index is 5.64. The molecule has 0 unspecified atom stereocenters. The molecule has 2 aromatic rings. The summed E-state index contributed by atoms with van der Waals surface area (Å²) in [6, 6.07) is 8.36. The van der Waals surface area contributed by atoms with Gasteiger partial charge < -0.3 is 16.0 Å². The lowest BCUT2D eigenvalue weighted by Crippen LogP contribution is -2.21. The molecule has 1 aromatic heterocycles. The third-order valence-electron chi connectivity index (χ3n) is 2.77. The van der Waals surface area contributed by atoms with Crippen molar-refractivity contribution in [3.63, 3.8) is 0 Å². The molecule has 2 rings (SSSR count). The molecular weight excluding hydrogens is 244 g/mol. The Morgan fingerprint density at radius 2 is 1.89 bits per heavy atom. The van der Waals surface area contributed by atoms with Crippen LogP contribution >= 0.6 is 11.3 Å². The number of hydrogen-bond donors (Lipinski definition) is 2. The maximum Gasteiger partial charge on any atom is 0.189 e. The van der Waals surface area contributed by atoms with E-state index in [0.29, 0.717) is 0 Å². The molecule has 0 bridgehead atoms. The monoisotopic (exact) mass is 262 g/mol. The average molecular weight is 262 g/mol. The lowest BCUT2D eigenvalue weighted by Gasteiger charge is -2.21. The van der Waals surface area contributed by atoms with Crippen molar-refractivity contribution in [1.29, 1.82) is 0 Å². The van der Waals surface area contributed by atoms with Gasteiger partial charge >= 0.3 is 0 Å². The SMILES string of the molecule is CCN(CC)c1ccc(Nc2ncc(N)s2)cc1. The summed E-state index contributed by atoms with van der Waals surface area (Å²) in [6.45, 7) is 6.36. The Bertz CT molecular complexity index is 488. The van der Waals surface area contributed by atoms with E-state index in [1.165, 1.54) is 17.0 Å².